The summed E-state index contributed by atoms with van der Waals surface area (Å²) in [5.74, 6) is 1.04. The molecule has 0 radical (unpaired) electrons. The summed E-state index contributed by atoms with van der Waals surface area (Å²) in [4.78, 5) is 5.59. The zero-order valence-electron chi connectivity index (χ0n) is 20.1. The van der Waals surface area contributed by atoms with Crippen molar-refractivity contribution in [2.75, 3.05) is 19.3 Å². The predicted octanol–water partition coefficient (Wildman–Crippen LogP) is 1.93. The molecular formula is C24H23N9O3S. The number of nitriles is 1. The summed E-state index contributed by atoms with van der Waals surface area (Å²) < 4.78 is 33.2. The van der Waals surface area contributed by atoms with Crippen LogP contribution in [0.3, 0.4) is 0 Å². The summed E-state index contributed by atoms with van der Waals surface area (Å²) in [6, 6.07) is 9.33. The van der Waals surface area contributed by atoms with Crippen LogP contribution in [0.15, 0.2) is 41.6 Å². The summed E-state index contributed by atoms with van der Waals surface area (Å²) in [7, 11) is -3.47. The van der Waals surface area contributed by atoms with Gasteiger partial charge in [0.05, 0.1) is 23.5 Å². The number of hydrogen-bond acceptors (Lipinski definition) is 9. The molecule has 13 heteroatoms. The normalized spacial score (nSPS) is 14.7. The third-order valence-electron chi connectivity index (χ3n) is 6.59. The van der Waals surface area contributed by atoms with Gasteiger partial charge in [0.1, 0.15) is 17.7 Å². The van der Waals surface area contributed by atoms with Crippen LogP contribution in [0.25, 0.3) is 21.8 Å². The SMILES string of the molecule is Cc1cc(S(C)(=O)=O)c(Cn2cc3ccc(C#N)c(OC4CN(Cc5nn[nH]n5)C4)c3n2)c2cc[nH]c12. The Morgan fingerprint density at radius 3 is 2.81 bits per heavy atom. The van der Waals surface area contributed by atoms with Crippen LogP contribution in [0.5, 0.6) is 5.75 Å². The van der Waals surface area contributed by atoms with Crippen molar-refractivity contribution in [2.45, 2.75) is 31.0 Å². The average Bonchev–Trinajstić information content (AvgIpc) is 3.59. The molecule has 37 heavy (non-hydrogen) atoms. The Morgan fingerprint density at radius 1 is 1.24 bits per heavy atom. The van der Waals surface area contributed by atoms with Crippen LogP contribution in [0, 0.1) is 18.3 Å². The molecule has 2 N–H and O–H groups in total. The quantitative estimate of drug-likeness (QED) is 0.329. The van der Waals surface area contributed by atoms with Gasteiger partial charge in [-0.2, -0.15) is 15.6 Å². The zero-order chi connectivity index (χ0) is 25.7. The third kappa shape index (κ3) is 4.20. The van der Waals surface area contributed by atoms with Gasteiger partial charge in [0.25, 0.3) is 0 Å². The van der Waals surface area contributed by atoms with Crippen molar-refractivity contribution < 1.29 is 13.2 Å². The maximum Gasteiger partial charge on any atom is 0.188 e. The minimum absolute atomic E-state index is 0.108. The van der Waals surface area contributed by atoms with Crippen molar-refractivity contribution in [2.24, 2.45) is 0 Å². The number of hydrogen-bond donors (Lipinski definition) is 2. The molecule has 1 aliphatic rings. The Morgan fingerprint density at radius 2 is 2.08 bits per heavy atom. The molecule has 0 atom stereocenters. The number of aromatic amines is 2. The van der Waals surface area contributed by atoms with E-state index in [4.69, 9.17) is 9.84 Å². The Labute approximate surface area is 211 Å². The molecule has 0 bridgehead atoms. The molecule has 0 saturated carbocycles. The molecule has 1 saturated heterocycles. The summed E-state index contributed by atoms with van der Waals surface area (Å²) in [6.07, 6.45) is 4.76. The van der Waals surface area contributed by atoms with Crippen LogP contribution < -0.4 is 4.74 Å². The van der Waals surface area contributed by atoms with Crippen molar-refractivity contribution in [3.8, 4) is 11.8 Å². The number of tetrazole rings is 1. The maximum atomic E-state index is 12.6. The fourth-order valence-electron chi connectivity index (χ4n) is 4.83. The minimum Gasteiger partial charge on any atom is -0.484 e. The highest BCUT2D eigenvalue weighted by molar-refractivity contribution is 7.90. The van der Waals surface area contributed by atoms with Gasteiger partial charge in [-0.05, 0) is 36.8 Å². The number of aryl methyl sites for hydroxylation is 1. The number of nitrogens with one attached hydrogen (secondary N) is 2. The number of fused-ring (bicyclic) bond motifs is 2. The molecular weight excluding hydrogens is 494 g/mol. The molecule has 1 aliphatic heterocycles. The standard InChI is InChI=1S/C24H23N9O3S/c1-14-7-20(37(2,34)35)19(18-5-6-26-22(14)18)12-33-9-16-4-3-15(8-25)24(23(16)29-33)36-17-10-32(11-17)13-21-27-30-31-28-21/h3-7,9,17,26H,10-13H2,1-2H3,(H,27,28,30,31). The number of benzene rings is 2. The number of aromatic nitrogens is 7. The lowest BCUT2D eigenvalue weighted by molar-refractivity contribution is 0.0136. The van der Waals surface area contributed by atoms with E-state index in [0.717, 1.165) is 21.9 Å². The third-order valence-corrected chi connectivity index (χ3v) is 7.76. The summed E-state index contributed by atoms with van der Waals surface area (Å²) in [6.45, 7) is 4.00. The molecule has 2 aromatic carbocycles. The van der Waals surface area contributed by atoms with Crippen LogP contribution >= 0.6 is 0 Å². The average molecular weight is 518 g/mol. The second kappa shape index (κ2) is 8.68. The molecule has 0 aliphatic carbocycles. The van der Waals surface area contributed by atoms with E-state index < -0.39 is 9.84 Å². The number of nitrogens with zero attached hydrogens (tertiary/aromatic N) is 7. The molecule has 12 nitrogen and oxygen atoms in total. The lowest BCUT2D eigenvalue weighted by atomic mass is 10.1. The summed E-state index contributed by atoms with van der Waals surface area (Å²) in [5, 5.41) is 30.0. The first-order valence-corrected chi connectivity index (χ1v) is 13.5. The van der Waals surface area contributed by atoms with Gasteiger partial charge in [0.2, 0.25) is 0 Å². The zero-order valence-corrected chi connectivity index (χ0v) is 20.9. The largest absolute Gasteiger partial charge is 0.484 e. The number of likely N-dealkylation sites (tertiary alicyclic amines) is 1. The van der Waals surface area contributed by atoms with Crippen LogP contribution in [-0.4, -0.2) is 74.2 Å². The van der Waals surface area contributed by atoms with Crippen LogP contribution in [0.4, 0.5) is 0 Å². The van der Waals surface area contributed by atoms with Gasteiger partial charge in [0.15, 0.2) is 21.4 Å². The van der Waals surface area contributed by atoms with E-state index in [9.17, 15) is 13.7 Å². The Kier molecular flexibility index (Phi) is 5.43. The fraction of sp³-hybridized carbons (Fsp3) is 0.292. The highest BCUT2D eigenvalue weighted by Crippen LogP contribution is 2.33. The topological polar surface area (TPSA) is 158 Å². The van der Waals surface area contributed by atoms with Gasteiger partial charge in [-0.3, -0.25) is 9.58 Å². The lowest BCUT2D eigenvalue weighted by Crippen LogP contribution is -2.53. The van der Waals surface area contributed by atoms with Gasteiger partial charge in [0, 0.05) is 53.6 Å². The van der Waals surface area contributed by atoms with E-state index in [1.54, 1.807) is 23.0 Å². The predicted molar refractivity (Wildman–Crippen MR) is 134 cm³/mol. The van der Waals surface area contributed by atoms with E-state index in [0.29, 0.717) is 47.9 Å². The highest BCUT2D eigenvalue weighted by Gasteiger charge is 2.31. The highest BCUT2D eigenvalue weighted by atomic mass is 32.2. The first-order valence-electron chi connectivity index (χ1n) is 11.6. The molecule has 5 aromatic rings. The van der Waals surface area contributed by atoms with Gasteiger partial charge in [-0.15, -0.1) is 10.2 Å². The Balaban J connectivity index is 1.32. The molecule has 4 heterocycles. The fourth-order valence-corrected chi connectivity index (χ4v) is 5.85. The van der Waals surface area contributed by atoms with Crippen LogP contribution in [-0.2, 0) is 22.9 Å². The number of H-pyrrole nitrogens is 2. The van der Waals surface area contributed by atoms with Crippen molar-refractivity contribution in [1.82, 2.24) is 40.3 Å². The minimum atomic E-state index is -3.47. The molecule has 1 fully saturated rings. The van der Waals surface area contributed by atoms with Crippen molar-refractivity contribution >= 4 is 31.6 Å². The summed E-state index contributed by atoms with van der Waals surface area (Å²) in [5.41, 5.74) is 3.38. The smallest absolute Gasteiger partial charge is 0.188 e. The summed E-state index contributed by atoms with van der Waals surface area (Å²) >= 11 is 0. The molecule has 0 spiro atoms. The number of sulfone groups is 1. The first-order chi connectivity index (χ1) is 17.8. The lowest BCUT2D eigenvalue weighted by Gasteiger charge is -2.38. The van der Waals surface area contributed by atoms with Gasteiger partial charge >= 0.3 is 0 Å². The van der Waals surface area contributed by atoms with E-state index in [1.165, 1.54) is 6.26 Å². The molecule has 0 amide bonds. The number of rotatable bonds is 7. The van der Waals surface area contributed by atoms with Crippen molar-refractivity contribution in [3.05, 3.63) is 59.2 Å². The van der Waals surface area contributed by atoms with Crippen LogP contribution in [0.1, 0.15) is 22.5 Å². The molecule has 188 valence electrons. The second-order valence-electron chi connectivity index (χ2n) is 9.29. The van der Waals surface area contributed by atoms with Gasteiger partial charge in [-0.1, -0.05) is 5.21 Å². The monoisotopic (exact) mass is 517 g/mol. The second-order valence-corrected chi connectivity index (χ2v) is 11.3. The molecule has 0 unspecified atom stereocenters. The van der Waals surface area contributed by atoms with E-state index in [-0.39, 0.29) is 17.5 Å². The molecule has 3 aromatic heterocycles. The maximum absolute atomic E-state index is 12.6. The van der Waals surface area contributed by atoms with E-state index in [2.05, 4.69) is 36.6 Å². The Bertz CT molecular complexity index is 1780. The van der Waals surface area contributed by atoms with Crippen molar-refractivity contribution in [3.63, 3.8) is 0 Å². The van der Waals surface area contributed by atoms with Gasteiger partial charge in [-0.25, -0.2) is 8.42 Å². The van der Waals surface area contributed by atoms with Crippen LogP contribution in [0.2, 0.25) is 0 Å². The number of ether oxygens (including phenoxy) is 1. The van der Waals surface area contributed by atoms with Crippen molar-refractivity contribution in [1.29, 1.82) is 5.26 Å². The molecule has 6 rings (SSSR count). The first kappa shape index (κ1) is 23.1. The Hall–Kier alpha value is -4.28. The van der Waals surface area contributed by atoms with E-state index >= 15 is 0 Å². The van der Waals surface area contributed by atoms with Gasteiger partial charge < -0.3 is 9.72 Å². The van der Waals surface area contributed by atoms with E-state index in [1.807, 2.05) is 25.3 Å².